The summed E-state index contributed by atoms with van der Waals surface area (Å²) in [7, 11) is -2.19. The van der Waals surface area contributed by atoms with E-state index < -0.39 is 10.0 Å². The summed E-state index contributed by atoms with van der Waals surface area (Å²) in [5.74, 6) is -0.325. The maximum absolute atomic E-state index is 12.7. The van der Waals surface area contributed by atoms with Crippen LogP contribution in [-0.2, 0) is 10.0 Å². The predicted octanol–water partition coefficient (Wildman–Crippen LogP) is 4.42. The van der Waals surface area contributed by atoms with E-state index >= 15 is 0 Å². The highest BCUT2D eigenvalue weighted by Crippen LogP contribution is 2.23. The van der Waals surface area contributed by atoms with Crippen molar-refractivity contribution in [3.05, 3.63) is 89.4 Å². The first-order chi connectivity index (χ1) is 12.9. The summed E-state index contributed by atoms with van der Waals surface area (Å²) in [5.41, 5.74) is 1.47. The summed E-state index contributed by atoms with van der Waals surface area (Å²) >= 11 is 5.89. The zero-order valence-corrected chi connectivity index (χ0v) is 16.0. The quantitative estimate of drug-likeness (QED) is 0.689. The van der Waals surface area contributed by atoms with Crippen LogP contribution in [0, 0.1) is 0 Å². The Balaban J connectivity index is 1.77. The third kappa shape index (κ3) is 4.30. The number of hydrogen-bond acceptors (Lipinski definition) is 3. The molecule has 0 heterocycles. The minimum atomic E-state index is -3.69. The lowest BCUT2D eigenvalue weighted by atomic mass is 10.2. The fraction of sp³-hybridized carbons (Fsp3) is 0.0500. The Morgan fingerprint density at radius 2 is 1.59 bits per heavy atom. The molecule has 1 amide bonds. The molecule has 3 aromatic carbocycles. The van der Waals surface area contributed by atoms with Crippen LogP contribution in [-0.4, -0.2) is 21.4 Å². The van der Waals surface area contributed by atoms with Gasteiger partial charge in [0.1, 0.15) is 0 Å². The zero-order valence-electron chi connectivity index (χ0n) is 14.5. The number of nitrogens with zero attached hydrogens (tertiary/aromatic N) is 1. The number of carbonyl (C=O) groups excluding carboxylic acids is 1. The molecule has 0 aliphatic heterocycles. The lowest BCUT2D eigenvalue weighted by molar-refractivity contribution is 0.102. The van der Waals surface area contributed by atoms with Gasteiger partial charge in [0.05, 0.1) is 10.6 Å². The number of rotatable bonds is 5. The van der Waals surface area contributed by atoms with E-state index in [2.05, 4.69) is 5.32 Å². The first-order valence-electron chi connectivity index (χ1n) is 8.09. The number of sulfonamides is 1. The van der Waals surface area contributed by atoms with Gasteiger partial charge >= 0.3 is 0 Å². The Morgan fingerprint density at radius 1 is 0.926 bits per heavy atom. The molecule has 0 spiro atoms. The molecule has 5 nitrogen and oxygen atoms in total. The average Bonchev–Trinajstić information content (AvgIpc) is 2.68. The van der Waals surface area contributed by atoms with E-state index in [9.17, 15) is 13.2 Å². The predicted molar refractivity (Wildman–Crippen MR) is 108 cm³/mol. The van der Waals surface area contributed by atoms with Crippen LogP contribution >= 0.6 is 11.6 Å². The number of nitrogens with one attached hydrogen (secondary N) is 1. The Morgan fingerprint density at radius 3 is 2.22 bits per heavy atom. The molecule has 0 aromatic heterocycles. The average molecular weight is 401 g/mol. The van der Waals surface area contributed by atoms with Crippen LogP contribution in [0.4, 0.5) is 11.4 Å². The number of para-hydroxylation sites is 1. The minimum absolute atomic E-state index is 0.134. The van der Waals surface area contributed by atoms with Gasteiger partial charge in [0.25, 0.3) is 15.9 Å². The van der Waals surface area contributed by atoms with Crippen molar-refractivity contribution in [2.75, 3.05) is 16.7 Å². The third-order valence-corrected chi connectivity index (χ3v) is 6.01. The molecule has 0 unspecified atom stereocenters. The Bertz CT molecular complexity index is 1050. The van der Waals surface area contributed by atoms with Crippen molar-refractivity contribution in [2.24, 2.45) is 0 Å². The van der Waals surface area contributed by atoms with Crippen LogP contribution in [0.2, 0.25) is 5.02 Å². The number of carbonyl (C=O) groups is 1. The van der Waals surface area contributed by atoms with Gasteiger partial charge in [-0.1, -0.05) is 35.9 Å². The first-order valence-corrected chi connectivity index (χ1v) is 9.91. The Kier molecular flexibility index (Phi) is 5.48. The molecule has 0 saturated heterocycles. The molecule has 0 radical (unpaired) electrons. The van der Waals surface area contributed by atoms with Gasteiger partial charge in [0.2, 0.25) is 0 Å². The molecule has 138 valence electrons. The van der Waals surface area contributed by atoms with Gasteiger partial charge < -0.3 is 5.32 Å². The van der Waals surface area contributed by atoms with E-state index in [4.69, 9.17) is 11.6 Å². The molecule has 1 N–H and O–H groups in total. The van der Waals surface area contributed by atoms with Gasteiger partial charge in [-0.15, -0.1) is 0 Å². The van der Waals surface area contributed by atoms with Crippen LogP contribution < -0.4 is 9.62 Å². The van der Waals surface area contributed by atoms with E-state index in [1.807, 2.05) is 6.07 Å². The van der Waals surface area contributed by atoms with Gasteiger partial charge in [-0.2, -0.15) is 0 Å². The van der Waals surface area contributed by atoms with Crippen LogP contribution in [0.5, 0.6) is 0 Å². The highest BCUT2D eigenvalue weighted by atomic mass is 35.5. The normalized spacial score (nSPS) is 11.0. The van der Waals surface area contributed by atoms with Crippen LogP contribution in [0.25, 0.3) is 0 Å². The van der Waals surface area contributed by atoms with E-state index in [0.717, 1.165) is 0 Å². The van der Waals surface area contributed by atoms with Crippen LogP contribution in [0.15, 0.2) is 83.8 Å². The molecule has 3 rings (SSSR count). The van der Waals surface area contributed by atoms with Crippen LogP contribution in [0.3, 0.4) is 0 Å². The molecule has 0 aliphatic carbocycles. The second-order valence-corrected chi connectivity index (χ2v) is 8.20. The summed E-state index contributed by atoms with van der Waals surface area (Å²) in [4.78, 5) is 12.4. The van der Waals surface area contributed by atoms with Crippen molar-refractivity contribution in [3.63, 3.8) is 0 Å². The Labute approximate surface area is 163 Å². The molecule has 0 saturated carbocycles. The van der Waals surface area contributed by atoms with Crippen molar-refractivity contribution >= 4 is 38.9 Å². The van der Waals surface area contributed by atoms with E-state index in [0.29, 0.717) is 22.0 Å². The summed E-state index contributed by atoms with van der Waals surface area (Å²) in [6, 6.07) is 21.4. The van der Waals surface area contributed by atoms with E-state index in [1.54, 1.807) is 60.7 Å². The third-order valence-electron chi connectivity index (χ3n) is 3.98. The summed E-state index contributed by atoms with van der Waals surface area (Å²) in [6.07, 6.45) is 0. The van der Waals surface area contributed by atoms with Crippen molar-refractivity contribution < 1.29 is 13.2 Å². The second kappa shape index (κ2) is 7.82. The highest BCUT2D eigenvalue weighted by molar-refractivity contribution is 7.92. The van der Waals surface area contributed by atoms with Gasteiger partial charge in [-0.3, -0.25) is 9.10 Å². The van der Waals surface area contributed by atoms with Gasteiger partial charge in [-0.05, 0) is 54.6 Å². The summed E-state index contributed by atoms with van der Waals surface area (Å²) in [6.45, 7) is 0. The fourth-order valence-corrected chi connectivity index (χ4v) is 3.86. The number of benzene rings is 3. The zero-order chi connectivity index (χ0) is 19.4. The standard InChI is InChI=1S/C20H17ClN2O3S/c1-23(18-8-3-2-4-9-18)27(25,26)19-12-10-17(11-13-19)22-20(24)15-6-5-7-16(21)14-15/h2-14H,1H3,(H,22,24). The van der Waals surface area contributed by atoms with E-state index in [-0.39, 0.29) is 10.8 Å². The van der Waals surface area contributed by atoms with Gasteiger partial charge in [0.15, 0.2) is 0 Å². The van der Waals surface area contributed by atoms with Gasteiger partial charge in [0, 0.05) is 23.3 Å². The molecule has 0 aliphatic rings. The molecule has 3 aromatic rings. The number of anilines is 2. The fourth-order valence-electron chi connectivity index (χ4n) is 2.48. The molecular formula is C20H17ClN2O3S. The number of hydrogen-bond donors (Lipinski definition) is 1. The van der Waals surface area contributed by atoms with Crippen LogP contribution in [0.1, 0.15) is 10.4 Å². The second-order valence-electron chi connectivity index (χ2n) is 5.80. The summed E-state index contributed by atoms with van der Waals surface area (Å²) < 4.78 is 26.7. The lowest BCUT2D eigenvalue weighted by Crippen LogP contribution is -2.26. The molecule has 0 atom stereocenters. The van der Waals surface area contributed by atoms with Crippen molar-refractivity contribution in [1.29, 1.82) is 0 Å². The van der Waals surface area contributed by atoms with E-state index in [1.165, 1.54) is 23.5 Å². The first kappa shape index (κ1) is 18.9. The van der Waals surface area contributed by atoms with Crippen molar-refractivity contribution in [2.45, 2.75) is 4.90 Å². The smallest absolute Gasteiger partial charge is 0.264 e. The van der Waals surface area contributed by atoms with Gasteiger partial charge in [-0.25, -0.2) is 8.42 Å². The minimum Gasteiger partial charge on any atom is -0.322 e. The number of halogens is 1. The lowest BCUT2D eigenvalue weighted by Gasteiger charge is -2.19. The maximum Gasteiger partial charge on any atom is 0.264 e. The molecule has 27 heavy (non-hydrogen) atoms. The van der Waals surface area contributed by atoms with Crippen molar-refractivity contribution in [1.82, 2.24) is 0 Å². The van der Waals surface area contributed by atoms with Crippen molar-refractivity contribution in [3.8, 4) is 0 Å². The summed E-state index contributed by atoms with van der Waals surface area (Å²) in [5, 5.41) is 3.18. The number of amides is 1. The molecular weight excluding hydrogens is 384 g/mol. The molecule has 7 heteroatoms. The molecule has 0 fully saturated rings. The molecule has 0 bridgehead atoms. The SMILES string of the molecule is CN(c1ccccc1)S(=O)(=O)c1ccc(NC(=O)c2cccc(Cl)c2)cc1. The largest absolute Gasteiger partial charge is 0.322 e. The Hall–Kier alpha value is -2.83. The monoisotopic (exact) mass is 400 g/mol. The highest BCUT2D eigenvalue weighted by Gasteiger charge is 2.21. The maximum atomic E-state index is 12.7. The topological polar surface area (TPSA) is 66.5 Å².